The quantitative estimate of drug-likeness (QED) is 0.743. The molecule has 84 valence electrons. The molecule has 1 aromatic rings. The first-order valence-corrected chi connectivity index (χ1v) is 6.70. The number of likely N-dealkylation sites (tertiary alicyclic amines) is 1. The first-order valence-electron chi connectivity index (χ1n) is 5.82. The summed E-state index contributed by atoms with van der Waals surface area (Å²) in [6.07, 6.45) is 0. The molecule has 1 saturated heterocycles. The normalized spacial score (nSPS) is 27.8. The third-order valence-electron chi connectivity index (χ3n) is 3.64. The summed E-state index contributed by atoms with van der Waals surface area (Å²) in [6, 6.07) is 2.26. The van der Waals surface area contributed by atoms with Crippen molar-refractivity contribution in [1.82, 2.24) is 4.90 Å². The van der Waals surface area contributed by atoms with E-state index in [0.717, 1.165) is 17.8 Å². The van der Waals surface area contributed by atoms with Crippen molar-refractivity contribution in [3.63, 3.8) is 0 Å². The lowest BCUT2D eigenvalue weighted by atomic mass is 9.84. The molecule has 0 bridgehead atoms. The van der Waals surface area contributed by atoms with Crippen LogP contribution in [-0.2, 0) is 0 Å². The van der Waals surface area contributed by atoms with E-state index in [2.05, 4.69) is 44.2 Å². The average molecular weight is 223 g/mol. The molecule has 0 N–H and O–H groups in total. The topological polar surface area (TPSA) is 3.24 Å². The van der Waals surface area contributed by atoms with Gasteiger partial charge in [0.25, 0.3) is 0 Å². The van der Waals surface area contributed by atoms with Gasteiger partial charge in [0, 0.05) is 23.9 Å². The van der Waals surface area contributed by atoms with E-state index in [1.54, 1.807) is 4.88 Å². The zero-order chi connectivity index (χ0) is 11.0. The molecule has 1 aromatic heterocycles. The van der Waals surface area contributed by atoms with Gasteiger partial charge in [-0.3, -0.25) is 0 Å². The first kappa shape index (κ1) is 11.2. The average Bonchev–Trinajstić information content (AvgIpc) is 2.71. The largest absolute Gasteiger partial charge is 0.305 e. The lowest BCUT2D eigenvalue weighted by molar-refractivity contribution is 0.345. The Morgan fingerprint density at radius 3 is 2.67 bits per heavy atom. The van der Waals surface area contributed by atoms with E-state index in [-0.39, 0.29) is 0 Å². The fourth-order valence-corrected chi connectivity index (χ4v) is 3.85. The number of nitrogens with zero attached hydrogens (tertiary/aromatic N) is 1. The van der Waals surface area contributed by atoms with Gasteiger partial charge in [0.1, 0.15) is 0 Å². The lowest BCUT2D eigenvalue weighted by Gasteiger charge is -2.21. The molecule has 1 nitrogen and oxygen atoms in total. The number of hydrogen-bond acceptors (Lipinski definition) is 2. The number of likely N-dealkylation sites (N-methyl/N-ethyl adjacent to an activating group) is 1. The van der Waals surface area contributed by atoms with Crippen LogP contribution in [0.4, 0.5) is 0 Å². The SMILES string of the molecule is Cc1ccsc1C1CN(C)C[C@H]1C(C)C. The minimum Gasteiger partial charge on any atom is -0.305 e. The molecule has 0 spiro atoms. The van der Waals surface area contributed by atoms with E-state index in [1.807, 2.05) is 11.3 Å². The maximum Gasteiger partial charge on any atom is 0.0121 e. The zero-order valence-corrected chi connectivity index (χ0v) is 11.0. The van der Waals surface area contributed by atoms with Crippen LogP contribution in [0.15, 0.2) is 11.4 Å². The number of thiophene rings is 1. The maximum atomic E-state index is 2.48. The second-order valence-corrected chi connectivity index (χ2v) is 6.15. The molecule has 1 unspecified atom stereocenters. The summed E-state index contributed by atoms with van der Waals surface area (Å²) in [6.45, 7) is 9.48. The molecular weight excluding hydrogens is 202 g/mol. The molecule has 2 heterocycles. The molecule has 15 heavy (non-hydrogen) atoms. The van der Waals surface area contributed by atoms with E-state index in [0.29, 0.717) is 0 Å². The highest BCUT2D eigenvalue weighted by atomic mass is 32.1. The van der Waals surface area contributed by atoms with Crippen LogP contribution in [0.1, 0.15) is 30.2 Å². The molecule has 0 aromatic carbocycles. The van der Waals surface area contributed by atoms with Gasteiger partial charge in [-0.2, -0.15) is 0 Å². The Bertz CT molecular complexity index is 329. The van der Waals surface area contributed by atoms with Crippen molar-refractivity contribution in [2.45, 2.75) is 26.7 Å². The molecular formula is C13H21NS. The van der Waals surface area contributed by atoms with Crippen molar-refractivity contribution in [3.8, 4) is 0 Å². The third-order valence-corrected chi connectivity index (χ3v) is 4.79. The van der Waals surface area contributed by atoms with Crippen LogP contribution in [0.3, 0.4) is 0 Å². The Hall–Kier alpha value is -0.340. The molecule has 2 atom stereocenters. The van der Waals surface area contributed by atoms with Crippen LogP contribution in [0.5, 0.6) is 0 Å². The summed E-state index contributed by atoms with van der Waals surface area (Å²) < 4.78 is 0. The fraction of sp³-hybridized carbons (Fsp3) is 0.692. The van der Waals surface area contributed by atoms with Crippen LogP contribution >= 0.6 is 11.3 Å². The van der Waals surface area contributed by atoms with E-state index in [9.17, 15) is 0 Å². The molecule has 0 radical (unpaired) electrons. The lowest BCUT2D eigenvalue weighted by Crippen LogP contribution is -2.17. The molecule has 0 saturated carbocycles. The zero-order valence-electron chi connectivity index (χ0n) is 10.2. The molecule has 1 fully saturated rings. The van der Waals surface area contributed by atoms with Crippen molar-refractivity contribution < 1.29 is 0 Å². The van der Waals surface area contributed by atoms with Gasteiger partial charge >= 0.3 is 0 Å². The summed E-state index contributed by atoms with van der Waals surface area (Å²) >= 11 is 1.94. The van der Waals surface area contributed by atoms with Crippen LogP contribution in [0, 0.1) is 18.8 Å². The van der Waals surface area contributed by atoms with Crippen molar-refractivity contribution in [2.75, 3.05) is 20.1 Å². The molecule has 1 aliphatic rings. The molecule has 2 rings (SSSR count). The van der Waals surface area contributed by atoms with Gasteiger partial charge in [-0.1, -0.05) is 13.8 Å². The minimum absolute atomic E-state index is 0.773. The number of aryl methyl sites for hydroxylation is 1. The minimum atomic E-state index is 0.773. The maximum absolute atomic E-state index is 2.48. The van der Waals surface area contributed by atoms with Gasteiger partial charge in [0.15, 0.2) is 0 Å². The van der Waals surface area contributed by atoms with E-state index < -0.39 is 0 Å². The number of hydrogen-bond donors (Lipinski definition) is 0. The van der Waals surface area contributed by atoms with Gasteiger partial charge in [0.05, 0.1) is 0 Å². The predicted molar refractivity (Wildman–Crippen MR) is 67.6 cm³/mol. The highest BCUT2D eigenvalue weighted by molar-refractivity contribution is 7.10. The monoisotopic (exact) mass is 223 g/mol. The highest BCUT2D eigenvalue weighted by Crippen LogP contribution is 2.39. The Labute approximate surface area is 97.1 Å². The predicted octanol–water partition coefficient (Wildman–Crippen LogP) is 3.36. The van der Waals surface area contributed by atoms with Gasteiger partial charge < -0.3 is 4.90 Å². The summed E-state index contributed by atoms with van der Waals surface area (Å²) in [5.41, 5.74) is 1.49. The van der Waals surface area contributed by atoms with E-state index in [4.69, 9.17) is 0 Å². The molecule has 2 heteroatoms. The second kappa shape index (κ2) is 4.26. The first-order chi connectivity index (χ1) is 7.09. The Morgan fingerprint density at radius 1 is 1.40 bits per heavy atom. The van der Waals surface area contributed by atoms with E-state index >= 15 is 0 Å². The van der Waals surface area contributed by atoms with Crippen LogP contribution in [0.25, 0.3) is 0 Å². The smallest absolute Gasteiger partial charge is 0.0121 e. The van der Waals surface area contributed by atoms with Crippen LogP contribution in [0.2, 0.25) is 0 Å². The van der Waals surface area contributed by atoms with E-state index in [1.165, 1.54) is 18.7 Å². The molecule has 1 aliphatic heterocycles. The molecule has 0 aliphatic carbocycles. The summed E-state index contributed by atoms with van der Waals surface area (Å²) in [5, 5.41) is 2.24. The van der Waals surface area contributed by atoms with Crippen LogP contribution in [-0.4, -0.2) is 25.0 Å². The van der Waals surface area contributed by atoms with Gasteiger partial charge in [-0.25, -0.2) is 0 Å². The summed E-state index contributed by atoms with van der Waals surface area (Å²) in [5.74, 6) is 2.41. The standard InChI is InChI=1S/C13H21NS/c1-9(2)11-7-14(4)8-12(11)13-10(3)5-6-15-13/h5-6,9,11-12H,7-8H2,1-4H3/t11-,12?/m0/s1. The van der Waals surface area contributed by atoms with Crippen molar-refractivity contribution in [2.24, 2.45) is 11.8 Å². The fourth-order valence-electron chi connectivity index (χ4n) is 2.75. The Kier molecular flexibility index (Phi) is 3.17. The van der Waals surface area contributed by atoms with Gasteiger partial charge in [-0.15, -0.1) is 11.3 Å². The second-order valence-electron chi connectivity index (χ2n) is 5.20. The van der Waals surface area contributed by atoms with Crippen molar-refractivity contribution in [1.29, 1.82) is 0 Å². The van der Waals surface area contributed by atoms with Crippen LogP contribution < -0.4 is 0 Å². The highest BCUT2D eigenvalue weighted by Gasteiger charge is 2.35. The number of rotatable bonds is 2. The Balaban J connectivity index is 2.24. The van der Waals surface area contributed by atoms with Gasteiger partial charge in [-0.05, 0) is 42.8 Å². The molecule has 0 amide bonds. The van der Waals surface area contributed by atoms with Gasteiger partial charge in [0.2, 0.25) is 0 Å². The van der Waals surface area contributed by atoms with Crippen molar-refractivity contribution in [3.05, 3.63) is 21.9 Å². The third kappa shape index (κ3) is 2.11. The summed E-state index contributed by atoms with van der Waals surface area (Å²) in [4.78, 5) is 4.10. The summed E-state index contributed by atoms with van der Waals surface area (Å²) in [7, 11) is 2.25. The Morgan fingerprint density at radius 2 is 2.13 bits per heavy atom. The van der Waals surface area contributed by atoms with Crippen molar-refractivity contribution >= 4 is 11.3 Å².